The van der Waals surface area contributed by atoms with E-state index >= 15 is 0 Å². The summed E-state index contributed by atoms with van der Waals surface area (Å²) in [7, 11) is 0. The number of urea groups is 1. The van der Waals surface area contributed by atoms with Gasteiger partial charge in [-0.25, -0.2) is 9.18 Å². The molecule has 0 aromatic heterocycles. The van der Waals surface area contributed by atoms with Crippen molar-refractivity contribution in [2.75, 3.05) is 6.54 Å². The summed E-state index contributed by atoms with van der Waals surface area (Å²) in [6.45, 7) is 5.14. The first-order valence-corrected chi connectivity index (χ1v) is 5.98. The Morgan fingerprint density at radius 1 is 1.53 bits per heavy atom. The minimum Gasteiger partial charge on any atom is -0.319 e. The lowest BCUT2D eigenvalue weighted by Crippen LogP contribution is -2.41. The van der Waals surface area contributed by atoms with Crippen LogP contribution in [-0.2, 0) is 10.3 Å². The maximum atomic E-state index is 13.1. The number of hydrogen-bond acceptors (Lipinski definition) is 2. The van der Waals surface area contributed by atoms with E-state index < -0.39 is 23.3 Å². The van der Waals surface area contributed by atoms with Crippen LogP contribution >= 0.6 is 11.6 Å². The van der Waals surface area contributed by atoms with Crippen molar-refractivity contribution in [2.45, 2.75) is 12.5 Å². The Labute approximate surface area is 114 Å². The molecule has 1 fully saturated rings. The maximum absolute atomic E-state index is 13.1. The predicted molar refractivity (Wildman–Crippen MR) is 69.2 cm³/mol. The molecule has 1 N–H and O–H groups in total. The second-order valence-corrected chi connectivity index (χ2v) is 4.79. The van der Waals surface area contributed by atoms with Crippen molar-refractivity contribution in [2.24, 2.45) is 0 Å². The minimum absolute atomic E-state index is 0.0941. The van der Waals surface area contributed by atoms with Crippen LogP contribution in [-0.4, -0.2) is 23.4 Å². The van der Waals surface area contributed by atoms with E-state index in [-0.39, 0.29) is 11.6 Å². The molecule has 19 heavy (non-hydrogen) atoms. The fourth-order valence-electron chi connectivity index (χ4n) is 2.07. The molecular weight excluding hydrogens is 271 g/mol. The number of nitrogens with zero attached hydrogens (tertiary/aromatic N) is 1. The van der Waals surface area contributed by atoms with Gasteiger partial charge in [0, 0.05) is 17.1 Å². The summed E-state index contributed by atoms with van der Waals surface area (Å²) in [5.74, 6) is -0.942. The highest BCUT2D eigenvalue weighted by molar-refractivity contribution is 6.32. The van der Waals surface area contributed by atoms with Crippen molar-refractivity contribution < 1.29 is 14.0 Å². The van der Waals surface area contributed by atoms with Crippen LogP contribution in [0.15, 0.2) is 30.9 Å². The summed E-state index contributed by atoms with van der Waals surface area (Å²) in [5, 5.41) is 2.67. The van der Waals surface area contributed by atoms with Crippen molar-refractivity contribution in [1.82, 2.24) is 10.2 Å². The highest BCUT2D eigenvalue weighted by atomic mass is 35.5. The molecule has 2 rings (SSSR count). The molecule has 0 saturated carbocycles. The number of halogens is 2. The Morgan fingerprint density at radius 2 is 2.21 bits per heavy atom. The first-order valence-electron chi connectivity index (χ1n) is 5.60. The SMILES string of the molecule is C=CCN1C(=O)N[C@@](C)(c2ccc(F)cc2Cl)C1=O. The van der Waals surface area contributed by atoms with Crippen LogP contribution in [0.25, 0.3) is 0 Å². The van der Waals surface area contributed by atoms with E-state index in [1.165, 1.54) is 25.1 Å². The van der Waals surface area contributed by atoms with E-state index in [1.807, 2.05) is 0 Å². The highest BCUT2D eigenvalue weighted by Gasteiger charge is 2.49. The van der Waals surface area contributed by atoms with E-state index in [1.54, 1.807) is 0 Å². The molecule has 1 aliphatic rings. The Bertz CT molecular complexity index is 576. The zero-order valence-corrected chi connectivity index (χ0v) is 11.0. The van der Waals surface area contributed by atoms with E-state index in [4.69, 9.17) is 11.6 Å². The van der Waals surface area contributed by atoms with E-state index in [0.717, 1.165) is 11.0 Å². The summed E-state index contributed by atoms with van der Waals surface area (Å²) in [4.78, 5) is 25.1. The van der Waals surface area contributed by atoms with Crippen LogP contribution in [0.1, 0.15) is 12.5 Å². The van der Waals surface area contributed by atoms with Gasteiger partial charge in [-0.1, -0.05) is 23.7 Å². The van der Waals surface area contributed by atoms with Gasteiger partial charge in [0.25, 0.3) is 5.91 Å². The molecule has 1 aromatic rings. The van der Waals surface area contributed by atoms with Gasteiger partial charge in [-0.3, -0.25) is 9.69 Å². The fourth-order valence-corrected chi connectivity index (χ4v) is 2.43. The Hall–Kier alpha value is -1.88. The molecule has 1 aliphatic heterocycles. The first-order chi connectivity index (χ1) is 8.90. The molecule has 1 saturated heterocycles. The third-order valence-electron chi connectivity index (χ3n) is 3.06. The molecule has 0 unspecified atom stereocenters. The average Bonchev–Trinajstić information content (AvgIpc) is 2.54. The van der Waals surface area contributed by atoms with Gasteiger partial charge in [0.15, 0.2) is 0 Å². The molecule has 0 spiro atoms. The average molecular weight is 283 g/mol. The van der Waals surface area contributed by atoms with Crippen molar-refractivity contribution >= 4 is 23.5 Å². The molecule has 1 atom stereocenters. The van der Waals surface area contributed by atoms with Gasteiger partial charge in [0.1, 0.15) is 11.4 Å². The van der Waals surface area contributed by atoms with Crippen molar-refractivity contribution in [3.63, 3.8) is 0 Å². The number of amides is 3. The van der Waals surface area contributed by atoms with Crippen LogP contribution in [0.3, 0.4) is 0 Å². The lowest BCUT2D eigenvalue weighted by Gasteiger charge is -2.23. The van der Waals surface area contributed by atoms with Gasteiger partial charge in [-0.05, 0) is 19.1 Å². The Morgan fingerprint density at radius 3 is 2.79 bits per heavy atom. The van der Waals surface area contributed by atoms with Crippen LogP contribution < -0.4 is 5.32 Å². The number of benzene rings is 1. The second-order valence-electron chi connectivity index (χ2n) is 4.38. The lowest BCUT2D eigenvalue weighted by molar-refractivity contribution is -0.130. The van der Waals surface area contributed by atoms with Gasteiger partial charge >= 0.3 is 6.03 Å². The lowest BCUT2D eigenvalue weighted by atomic mass is 9.92. The van der Waals surface area contributed by atoms with Crippen LogP contribution in [0.5, 0.6) is 0 Å². The predicted octanol–water partition coefficient (Wildman–Crippen LogP) is 2.43. The van der Waals surface area contributed by atoms with Gasteiger partial charge < -0.3 is 5.32 Å². The summed E-state index contributed by atoms with van der Waals surface area (Å²) in [6, 6.07) is 3.18. The number of rotatable bonds is 3. The molecular formula is C13H12ClFN2O2. The molecule has 6 heteroatoms. The summed E-state index contributed by atoms with van der Waals surface area (Å²) >= 11 is 5.95. The van der Waals surface area contributed by atoms with Gasteiger partial charge in [-0.2, -0.15) is 0 Å². The first kappa shape index (κ1) is 13.5. The van der Waals surface area contributed by atoms with Crippen molar-refractivity contribution in [3.05, 3.63) is 47.3 Å². The summed E-state index contributed by atoms with van der Waals surface area (Å²) in [5.41, 5.74) is -0.925. The minimum atomic E-state index is -1.29. The third kappa shape index (κ3) is 2.10. The smallest absolute Gasteiger partial charge is 0.319 e. The van der Waals surface area contributed by atoms with Crippen LogP contribution in [0.4, 0.5) is 9.18 Å². The quantitative estimate of drug-likeness (QED) is 0.684. The van der Waals surface area contributed by atoms with E-state index in [9.17, 15) is 14.0 Å². The zero-order chi connectivity index (χ0) is 14.2. The van der Waals surface area contributed by atoms with E-state index in [2.05, 4.69) is 11.9 Å². The molecule has 4 nitrogen and oxygen atoms in total. The molecule has 3 amide bonds. The molecule has 100 valence electrons. The van der Waals surface area contributed by atoms with Crippen molar-refractivity contribution in [1.29, 1.82) is 0 Å². The normalized spacial score (nSPS) is 22.6. The third-order valence-corrected chi connectivity index (χ3v) is 3.37. The Balaban J connectivity index is 2.46. The fraction of sp³-hybridized carbons (Fsp3) is 0.231. The summed E-state index contributed by atoms with van der Waals surface area (Å²) in [6.07, 6.45) is 1.45. The molecule has 1 aromatic carbocycles. The molecule has 0 aliphatic carbocycles. The van der Waals surface area contributed by atoms with Crippen LogP contribution in [0, 0.1) is 5.82 Å². The largest absolute Gasteiger partial charge is 0.325 e. The van der Waals surface area contributed by atoms with Gasteiger partial charge in [0.2, 0.25) is 0 Å². The van der Waals surface area contributed by atoms with Crippen LogP contribution in [0.2, 0.25) is 5.02 Å². The highest BCUT2D eigenvalue weighted by Crippen LogP contribution is 2.33. The molecule has 0 radical (unpaired) electrons. The number of carbonyl (C=O) groups excluding carboxylic acids is 2. The number of nitrogens with one attached hydrogen (secondary N) is 1. The number of hydrogen-bond donors (Lipinski definition) is 1. The standard InChI is InChI=1S/C13H12ClFN2O2/c1-3-6-17-11(18)13(2,16-12(17)19)9-5-4-8(15)7-10(9)14/h3-5,7H,1,6H2,2H3,(H,16,19)/t13-/m0/s1. The number of carbonyl (C=O) groups is 2. The maximum Gasteiger partial charge on any atom is 0.325 e. The zero-order valence-electron chi connectivity index (χ0n) is 10.2. The molecule has 1 heterocycles. The molecule has 0 bridgehead atoms. The van der Waals surface area contributed by atoms with Gasteiger partial charge in [-0.15, -0.1) is 6.58 Å². The summed E-state index contributed by atoms with van der Waals surface area (Å²) < 4.78 is 13.1. The van der Waals surface area contributed by atoms with E-state index in [0.29, 0.717) is 5.56 Å². The van der Waals surface area contributed by atoms with Crippen molar-refractivity contribution in [3.8, 4) is 0 Å². The topological polar surface area (TPSA) is 49.4 Å². The Kier molecular flexibility index (Phi) is 3.32. The van der Waals surface area contributed by atoms with Gasteiger partial charge in [0.05, 0.1) is 0 Å². The number of imide groups is 1. The second kappa shape index (κ2) is 4.66. The monoisotopic (exact) mass is 282 g/mol.